The van der Waals surface area contributed by atoms with Gasteiger partial charge in [-0.25, -0.2) is 9.97 Å². The summed E-state index contributed by atoms with van der Waals surface area (Å²) in [7, 11) is 0. The Morgan fingerprint density at radius 2 is 1.79 bits per heavy atom. The fourth-order valence-corrected chi connectivity index (χ4v) is 3.04. The molecule has 2 aromatic rings. The zero-order valence-electron chi connectivity index (χ0n) is 16.7. The predicted molar refractivity (Wildman–Crippen MR) is 113 cm³/mol. The van der Waals surface area contributed by atoms with Gasteiger partial charge in [-0.05, 0) is 11.5 Å². The van der Waals surface area contributed by atoms with Gasteiger partial charge in [-0.1, -0.05) is 56.3 Å². The van der Waals surface area contributed by atoms with Crippen molar-refractivity contribution in [2.75, 3.05) is 44.6 Å². The van der Waals surface area contributed by atoms with E-state index >= 15 is 0 Å². The molecule has 1 aromatic heterocycles. The zero-order chi connectivity index (χ0) is 19.8. The number of nitrogens with zero attached hydrogens (tertiary/aromatic N) is 4. The molecule has 1 aliphatic heterocycles. The van der Waals surface area contributed by atoms with E-state index in [4.69, 9.17) is 0 Å². The smallest absolute Gasteiger partial charge is 0.257 e. The van der Waals surface area contributed by atoms with E-state index in [1.807, 2.05) is 23.1 Å². The number of aromatic nitrogens is 2. The van der Waals surface area contributed by atoms with Gasteiger partial charge in [-0.2, -0.15) is 0 Å². The number of nitrogens with one attached hydrogen (secondary N) is 1. The lowest BCUT2D eigenvalue weighted by atomic mass is 10.2. The number of benzene rings is 1. The Hall–Kier alpha value is -2.73. The maximum atomic E-state index is 12.7. The number of hydrogen-bond acceptors (Lipinski definition) is 5. The van der Waals surface area contributed by atoms with E-state index in [0.29, 0.717) is 17.4 Å². The SMILES string of the molecule is CC(C)CNc1ncc(C(=O)N2CCN(C/C=C/c3ccccc3)CC2)cn1. The summed E-state index contributed by atoms with van der Waals surface area (Å²) in [6.07, 6.45) is 7.56. The summed E-state index contributed by atoms with van der Waals surface area (Å²) >= 11 is 0. The van der Waals surface area contributed by atoms with Crippen molar-refractivity contribution in [3.63, 3.8) is 0 Å². The summed E-state index contributed by atoms with van der Waals surface area (Å²) in [4.78, 5) is 25.4. The van der Waals surface area contributed by atoms with Crippen molar-refractivity contribution in [2.45, 2.75) is 13.8 Å². The molecule has 0 radical (unpaired) electrons. The lowest BCUT2D eigenvalue weighted by Gasteiger charge is -2.34. The molecule has 1 aromatic carbocycles. The molecule has 28 heavy (non-hydrogen) atoms. The molecule has 3 rings (SSSR count). The average Bonchev–Trinajstić information content (AvgIpc) is 2.73. The fourth-order valence-electron chi connectivity index (χ4n) is 3.04. The van der Waals surface area contributed by atoms with Gasteiger partial charge < -0.3 is 10.2 Å². The van der Waals surface area contributed by atoms with Gasteiger partial charge in [0.05, 0.1) is 5.56 Å². The van der Waals surface area contributed by atoms with E-state index in [9.17, 15) is 4.79 Å². The van der Waals surface area contributed by atoms with Crippen LogP contribution in [0.3, 0.4) is 0 Å². The quantitative estimate of drug-likeness (QED) is 0.801. The maximum Gasteiger partial charge on any atom is 0.257 e. The van der Waals surface area contributed by atoms with Crippen molar-refractivity contribution in [2.24, 2.45) is 5.92 Å². The zero-order valence-corrected chi connectivity index (χ0v) is 16.7. The lowest BCUT2D eigenvalue weighted by Crippen LogP contribution is -2.48. The Morgan fingerprint density at radius 3 is 2.43 bits per heavy atom. The number of hydrogen-bond donors (Lipinski definition) is 1. The highest BCUT2D eigenvalue weighted by Crippen LogP contribution is 2.10. The summed E-state index contributed by atoms with van der Waals surface area (Å²) in [5.41, 5.74) is 1.76. The van der Waals surface area contributed by atoms with E-state index in [1.54, 1.807) is 12.4 Å². The number of anilines is 1. The van der Waals surface area contributed by atoms with Gasteiger partial charge in [-0.3, -0.25) is 9.69 Å². The minimum atomic E-state index is 0.00915. The molecule has 1 amide bonds. The first-order valence-corrected chi connectivity index (χ1v) is 9.91. The van der Waals surface area contributed by atoms with Crippen molar-refractivity contribution < 1.29 is 4.79 Å². The number of carbonyl (C=O) groups is 1. The van der Waals surface area contributed by atoms with E-state index in [1.165, 1.54) is 5.56 Å². The molecular weight excluding hydrogens is 350 g/mol. The molecule has 1 aliphatic rings. The molecule has 2 heterocycles. The van der Waals surface area contributed by atoms with Crippen LogP contribution in [0.2, 0.25) is 0 Å². The van der Waals surface area contributed by atoms with Gasteiger partial charge in [0.1, 0.15) is 0 Å². The predicted octanol–water partition coefficient (Wildman–Crippen LogP) is 3.02. The van der Waals surface area contributed by atoms with Crippen LogP contribution in [0.4, 0.5) is 5.95 Å². The molecule has 0 unspecified atom stereocenters. The Kier molecular flexibility index (Phi) is 7.14. The first-order valence-electron chi connectivity index (χ1n) is 9.91. The van der Waals surface area contributed by atoms with Gasteiger partial charge in [0.15, 0.2) is 0 Å². The summed E-state index contributed by atoms with van der Waals surface area (Å²) in [6.45, 7) is 9.17. The number of piperazine rings is 1. The Balaban J connectivity index is 1.45. The van der Waals surface area contributed by atoms with Crippen LogP contribution in [0, 0.1) is 5.92 Å². The fraction of sp³-hybridized carbons (Fsp3) is 0.409. The average molecular weight is 380 g/mol. The highest BCUT2D eigenvalue weighted by Gasteiger charge is 2.22. The first-order chi connectivity index (χ1) is 13.6. The highest BCUT2D eigenvalue weighted by molar-refractivity contribution is 5.93. The van der Waals surface area contributed by atoms with E-state index < -0.39 is 0 Å². The topological polar surface area (TPSA) is 61.4 Å². The summed E-state index contributed by atoms with van der Waals surface area (Å²) in [5.74, 6) is 1.10. The third kappa shape index (κ3) is 5.89. The third-order valence-corrected chi connectivity index (χ3v) is 4.70. The van der Waals surface area contributed by atoms with Crippen molar-refractivity contribution in [3.8, 4) is 0 Å². The molecule has 1 N–H and O–H groups in total. The normalized spacial score (nSPS) is 15.3. The molecule has 0 saturated carbocycles. The molecular formula is C22H29N5O. The molecule has 0 bridgehead atoms. The summed E-state index contributed by atoms with van der Waals surface area (Å²) < 4.78 is 0. The maximum absolute atomic E-state index is 12.7. The van der Waals surface area contributed by atoms with Gasteiger partial charge in [0.2, 0.25) is 5.95 Å². The largest absolute Gasteiger partial charge is 0.354 e. The Labute approximate surface area is 167 Å². The van der Waals surface area contributed by atoms with Gasteiger partial charge in [0, 0.05) is 51.7 Å². The molecule has 0 atom stereocenters. The van der Waals surface area contributed by atoms with Crippen molar-refractivity contribution >= 4 is 17.9 Å². The van der Waals surface area contributed by atoms with E-state index in [0.717, 1.165) is 39.3 Å². The van der Waals surface area contributed by atoms with Crippen LogP contribution in [-0.2, 0) is 0 Å². The first kappa shape index (κ1) is 20.0. The molecule has 6 heteroatoms. The number of rotatable bonds is 7. The van der Waals surface area contributed by atoms with Crippen LogP contribution in [0.25, 0.3) is 6.08 Å². The lowest BCUT2D eigenvalue weighted by molar-refractivity contribution is 0.0649. The molecule has 1 saturated heterocycles. The summed E-state index contributed by atoms with van der Waals surface area (Å²) in [6, 6.07) is 10.3. The summed E-state index contributed by atoms with van der Waals surface area (Å²) in [5, 5.41) is 3.17. The Morgan fingerprint density at radius 1 is 1.11 bits per heavy atom. The van der Waals surface area contributed by atoms with Crippen molar-refractivity contribution in [3.05, 3.63) is 59.9 Å². The molecule has 148 valence electrons. The van der Waals surface area contributed by atoms with Gasteiger partial charge >= 0.3 is 0 Å². The van der Waals surface area contributed by atoms with Crippen LogP contribution in [0.5, 0.6) is 0 Å². The molecule has 6 nitrogen and oxygen atoms in total. The van der Waals surface area contributed by atoms with Gasteiger partial charge in [0.25, 0.3) is 5.91 Å². The number of amides is 1. The van der Waals surface area contributed by atoms with E-state index in [-0.39, 0.29) is 5.91 Å². The second kappa shape index (κ2) is 9.99. The van der Waals surface area contributed by atoms with Crippen molar-refractivity contribution in [1.82, 2.24) is 19.8 Å². The van der Waals surface area contributed by atoms with Crippen molar-refractivity contribution in [1.29, 1.82) is 0 Å². The number of carbonyl (C=O) groups excluding carboxylic acids is 1. The third-order valence-electron chi connectivity index (χ3n) is 4.70. The molecule has 1 fully saturated rings. The highest BCUT2D eigenvalue weighted by atomic mass is 16.2. The second-order valence-corrected chi connectivity index (χ2v) is 7.48. The molecule has 0 aliphatic carbocycles. The minimum absolute atomic E-state index is 0.00915. The minimum Gasteiger partial charge on any atom is -0.354 e. The standard InChI is InChI=1S/C22H29N5O/c1-18(2)15-23-22-24-16-20(17-25-22)21(28)27-13-11-26(12-14-27)10-6-9-19-7-4-3-5-8-19/h3-9,16-18H,10-15H2,1-2H3,(H,23,24,25)/b9-6+. The van der Waals surface area contributed by atoms with Crippen LogP contribution in [0.1, 0.15) is 29.8 Å². The van der Waals surface area contributed by atoms with Crippen LogP contribution >= 0.6 is 0 Å². The van der Waals surface area contributed by atoms with E-state index in [2.05, 4.69) is 58.3 Å². The Bertz CT molecular complexity index is 765. The van der Waals surface area contributed by atoms with Crippen LogP contribution in [-0.4, -0.2) is 64.9 Å². The van der Waals surface area contributed by atoms with Crippen LogP contribution in [0.15, 0.2) is 48.8 Å². The second-order valence-electron chi connectivity index (χ2n) is 7.48. The monoisotopic (exact) mass is 379 g/mol. The van der Waals surface area contributed by atoms with Gasteiger partial charge in [-0.15, -0.1) is 0 Å². The molecule has 0 spiro atoms. The van der Waals surface area contributed by atoms with Crippen LogP contribution < -0.4 is 5.32 Å².